The fraction of sp³-hybridized carbons (Fsp3) is 0.200. The first-order valence-electron chi connectivity index (χ1n) is 10.6. The van der Waals surface area contributed by atoms with Crippen molar-refractivity contribution >= 4 is 23.4 Å². The predicted octanol–water partition coefficient (Wildman–Crippen LogP) is 4.46. The first kappa shape index (κ1) is 20.5. The zero-order valence-electron chi connectivity index (χ0n) is 17.8. The zero-order valence-corrected chi connectivity index (χ0v) is 18.6. The molecule has 0 spiro atoms. The van der Waals surface area contributed by atoms with Gasteiger partial charge in [-0.05, 0) is 42.7 Å². The van der Waals surface area contributed by atoms with E-state index in [1.54, 1.807) is 12.4 Å². The quantitative estimate of drug-likeness (QED) is 0.414. The van der Waals surface area contributed by atoms with Crippen molar-refractivity contribution in [2.45, 2.75) is 30.3 Å². The van der Waals surface area contributed by atoms with Crippen LogP contribution in [0.4, 0.5) is 5.69 Å². The topological polar surface area (TPSA) is 63.9 Å². The molecule has 3 heterocycles. The number of anilines is 1. The molecule has 2 aromatic carbocycles. The molecule has 0 fully saturated rings. The Morgan fingerprint density at radius 2 is 1.84 bits per heavy atom. The monoisotopic (exact) mass is 441 g/mol. The summed E-state index contributed by atoms with van der Waals surface area (Å²) < 4.78 is 2.07. The fourth-order valence-electron chi connectivity index (χ4n) is 3.99. The molecule has 0 radical (unpaired) electrons. The van der Waals surface area contributed by atoms with Gasteiger partial charge in [-0.25, -0.2) is 0 Å². The number of hydrogen-bond acceptors (Lipinski definition) is 5. The zero-order chi connectivity index (χ0) is 21.9. The summed E-state index contributed by atoms with van der Waals surface area (Å²) in [6.07, 6.45) is 4.43. The van der Waals surface area contributed by atoms with Gasteiger partial charge in [0.25, 0.3) is 0 Å². The Hall–Kier alpha value is -3.45. The van der Waals surface area contributed by atoms with Gasteiger partial charge < -0.3 is 4.90 Å². The van der Waals surface area contributed by atoms with Gasteiger partial charge in [0.05, 0.1) is 11.8 Å². The van der Waals surface area contributed by atoms with Crippen molar-refractivity contribution in [3.63, 3.8) is 0 Å². The predicted molar refractivity (Wildman–Crippen MR) is 127 cm³/mol. The number of pyridine rings is 1. The Balaban J connectivity index is 1.43. The van der Waals surface area contributed by atoms with Gasteiger partial charge in [0.1, 0.15) is 0 Å². The van der Waals surface area contributed by atoms with Crippen LogP contribution in [-0.2, 0) is 17.8 Å². The Morgan fingerprint density at radius 1 is 1.03 bits per heavy atom. The lowest BCUT2D eigenvalue weighted by Crippen LogP contribution is -2.35. The van der Waals surface area contributed by atoms with Crippen molar-refractivity contribution < 1.29 is 4.79 Å². The second kappa shape index (κ2) is 8.96. The molecule has 2 aromatic heterocycles. The van der Waals surface area contributed by atoms with Gasteiger partial charge in [-0.1, -0.05) is 60.3 Å². The average Bonchev–Trinajstić information content (AvgIpc) is 3.44. The van der Waals surface area contributed by atoms with E-state index in [-0.39, 0.29) is 11.2 Å². The van der Waals surface area contributed by atoms with Crippen molar-refractivity contribution in [1.29, 1.82) is 0 Å². The second-order valence-electron chi connectivity index (χ2n) is 7.75. The molecule has 1 aliphatic heterocycles. The molecule has 0 N–H and O–H groups in total. The van der Waals surface area contributed by atoms with Gasteiger partial charge in [0.2, 0.25) is 5.91 Å². The highest BCUT2D eigenvalue weighted by Gasteiger charge is 2.29. The van der Waals surface area contributed by atoms with E-state index in [2.05, 4.69) is 37.9 Å². The molecule has 6 nitrogen and oxygen atoms in total. The highest BCUT2D eigenvalue weighted by molar-refractivity contribution is 8.00. The SMILES string of the molecule is C[C@@H](Sc1nnc(-c2cccnc2)n1Cc1ccccc1)C(=O)N1CCc2ccccc21. The number of aromatic nitrogens is 4. The molecule has 0 saturated heterocycles. The minimum atomic E-state index is -0.290. The lowest BCUT2D eigenvalue weighted by Gasteiger charge is -2.21. The van der Waals surface area contributed by atoms with E-state index >= 15 is 0 Å². The Morgan fingerprint density at radius 3 is 2.66 bits per heavy atom. The first-order valence-corrected chi connectivity index (χ1v) is 11.5. The van der Waals surface area contributed by atoms with E-state index in [1.165, 1.54) is 17.3 Å². The Labute approximate surface area is 191 Å². The third-order valence-corrected chi connectivity index (χ3v) is 6.67. The van der Waals surface area contributed by atoms with Crippen molar-refractivity contribution in [1.82, 2.24) is 19.7 Å². The number of thioether (sulfide) groups is 1. The van der Waals surface area contributed by atoms with Crippen LogP contribution in [0.3, 0.4) is 0 Å². The van der Waals surface area contributed by atoms with Crippen LogP contribution < -0.4 is 4.90 Å². The molecule has 160 valence electrons. The van der Waals surface area contributed by atoms with Crippen molar-refractivity contribution in [2.24, 2.45) is 0 Å². The fourth-order valence-corrected chi connectivity index (χ4v) is 4.90. The van der Waals surface area contributed by atoms with Crippen LogP contribution in [0.25, 0.3) is 11.4 Å². The maximum absolute atomic E-state index is 13.3. The van der Waals surface area contributed by atoms with Crippen LogP contribution in [0, 0.1) is 0 Å². The smallest absolute Gasteiger partial charge is 0.240 e. The summed E-state index contributed by atoms with van der Waals surface area (Å²) in [6.45, 7) is 3.29. The molecule has 4 aromatic rings. The highest BCUT2D eigenvalue weighted by atomic mass is 32.2. The standard InChI is InChI=1S/C25H23N5OS/c1-18(24(31)29-15-13-20-10-5-6-12-22(20)29)32-25-28-27-23(21-11-7-14-26-16-21)30(25)17-19-8-3-2-4-9-19/h2-12,14,16,18H,13,15,17H2,1H3/t18-/m1/s1. The molecule has 1 amide bonds. The summed E-state index contributed by atoms with van der Waals surface area (Å²) in [5.74, 6) is 0.841. The highest BCUT2D eigenvalue weighted by Crippen LogP contribution is 2.32. The normalized spacial score (nSPS) is 13.7. The van der Waals surface area contributed by atoms with Crippen LogP contribution >= 0.6 is 11.8 Å². The molecular formula is C25H23N5OS. The molecule has 1 atom stereocenters. The van der Waals surface area contributed by atoms with Gasteiger partial charge in [-0.2, -0.15) is 0 Å². The minimum absolute atomic E-state index is 0.0946. The molecule has 7 heteroatoms. The van der Waals surface area contributed by atoms with Crippen molar-refractivity contribution in [2.75, 3.05) is 11.4 Å². The third-order valence-electron chi connectivity index (χ3n) is 5.60. The molecule has 5 rings (SSSR count). The summed E-state index contributed by atoms with van der Waals surface area (Å²) in [4.78, 5) is 19.4. The number of fused-ring (bicyclic) bond motifs is 1. The van der Waals surface area contributed by atoms with E-state index in [0.29, 0.717) is 6.54 Å². The maximum Gasteiger partial charge on any atom is 0.240 e. The number of nitrogens with zero attached hydrogens (tertiary/aromatic N) is 5. The van der Waals surface area contributed by atoms with Gasteiger partial charge in [0.15, 0.2) is 11.0 Å². The summed E-state index contributed by atoms with van der Waals surface area (Å²) in [6, 6.07) is 22.2. The van der Waals surface area contributed by atoms with Crippen LogP contribution in [0.5, 0.6) is 0 Å². The Kier molecular flexibility index (Phi) is 5.73. The van der Waals surface area contributed by atoms with Crippen LogP contribution in [0.1, 0.15) is 18.1 Å². The largest absolute Gasteiger partial charge is 0.311 e. The average molecular weight is 442 g/mol. The summed E-state index contributed by atoms with van der Waals surface area (Å²) >= 11 is 1.45. The van der Waals surface area contributed by atoms with E-state index in [4.69, 9.17) is 0 Å². The van der Waals surface area contributed by atoms with Crippen LogP contribution in [-0.4, -0.2) is 37.5 Å². The van der Waals surface area contributed by atoms with Gasteiger partial charge in [-0.15, -0.1) is 10.2 Å². The first-order chi connectivity index (χ1) is 15.7. The maximum atomic E-state index is 13.3. The molecular weight excluding hydrogens is 418 g/mol. The van der Waals surface area contributed by atoms with Gasteiger partial charge in [0, 0.05) is 30.2 Å². The summed E-state index contributed by atoms with van der Waals surface area (Å²) in [5.41, 5.74) is 4.29. The third kappa shape index (κ3) is 4.03. The van der Waals surface area contributed by atoms with Gasteiger partial charge >= 0.3 is 0 Å². The van der Waals surface area contributed by atoms with Crippen LogP contribution in [0.15, 0.2) is 84.3 Å². The molecule has 0 unspecified atom stereocenters. The summed E-state index contributed by atoms with van der Waals surface area (Å²) in [7, 11) is 0. The van der Waals surface area contributed by atoms with Crippen molar-refractivity contribution in [3.8, 4) is 11.4 Å². The number of carbonyl (C=O) groups is 1. The van der Waals surface area contributed by atoms with E-state index < -0.39 is 0 Å². The number of carbonyl (C=O) groups excluding carboxylic acids is 1. The molecule has 1 aliphatic rings. The molecule has 0 saturated carbocycles. The van der Waals surface area contributed by atoms with Gasteiger partial charge in [-0.3, -0.25) is 14.3 Å². The van der Waals surface area contributed by atoms with Crippen LogP contribution in [0.2, 0.25) is 0 Å². The number of benzene rings is 2. The lowest BCUT2D eigenvalue weighted by molar-refractivity contribution is -0.117. The summed E-state index contributed by atoms with van der Waals surface area (Å²) in [5, 5.41) is 9.35. The molecule has 0 aliphatic carbocycles. The number of amides is 1. The number of hydrogen-bond donors (Lipinski definition) is 0. The number of rotatable bonds is 6. The van der Waals surface area contributed by atoms with E-state index in [1.807, 2.05) is 60.4 Å². The lowest BCUT2D eigenvalue weighted by atomic mass is 10.2. The van der Waals surface area contributed by atoms with E-state index in [0.717, 1.165) is 40.8 Å². The minimum Gasteiger partial charge on any atom is -0.311 e. The van der Waals surface area contributed by atoms with E-state index in [9.17, 15) is 4.79 Å². The molecule has 32 heavy (non-hydrogen) atoms. The number of para-hydroxylation sites is 1. The van der Waals surface area contributed by atoms with Crippen molar-refractivity contribution in [3.05, 3.63) is 90.3 Å². The Bertz CT molecular complexity index is 1230. The second-order valence-corrected chi connectivity index (χ2v) is 9.06. The molecule has 0 bridgehead atoms.